The SMILES string of the molecule is COc1cc(Cl)cc(CN[C@@H](C)c2ccccc2)c1OC(C)C. The van der Waals surface area contributed by atoms with Crippen LogP contribution in [0.3, 0.4) is 0 Å². The Balaban J connectivity index is 2.19. The molecule has 0 unspecified atom stereocenters. The fourth-order valence-electron chi connectivity index (χ4n) is 2.40. The van der Waals surface area contributed by atoms with Crippen molar-refractivity contribution in [2.45, 2.75) is 39.5 Å². The number of hydrogen-bond donors (Lipinski definition) is 1. The Morgan fingerprint density at radius 1 is 1.09 bits per heavy atom. The van der Waals surface area contributed by atoms with E-state index in [1.54, 1.807) is 13.2 Å². The van der Waals surface area contributed by atoms with Crippen LogP contribution in [0, 0.1) is 0 Å². The highest BCUT2D eigenvalue weighted by molar-refractivity contribution is 6.30. The van der Waals surface area contributed by atoms with E-state index >= 15 is 0 Å². The summed E-state index contributed by atoms with van der Waals surface area (Å²) in [6.07, 6.45) is 0.0652. The van der Waals surface area contributed by atoms with Crippen LogP contribution in [0.15, 0.2) is 42.5 Å². The molecule has 0 aliphatic heterocycles. The van der Waals surface area contributed by atoms with Gasteiger partial charge in [0.2, 0.25) is 0 Å². The molecule has 0 aliphatic carbocycles. The molecule has 0 radical (unpaired) electrons. The zero-order valence-electron chi connectivity index (χ0n) is 14.1. The summed E-state index contributed by atoms with van der Waals surface area (Å²) in [6, 6.07) is 14.3. The summed E-state index contributed by atoms with van der Waals surface area (Å²) >= 11 is 6.21. The van der Waals surface area contributed by atoms with Gasteiger partial charge in [-0.05, 0) is 32.4 Å². The van der Waals surface area contributed by atoms with Gasteiger partial charge in [-0.2, -0.15) is 0 Å². The molecule has 0 spiro atoms. The first-order valence-electron chi connectivity index (χ1n) is 7.82. The number of nitrogens with one attached hydrogen (secondary N) is 1. The van der Waals surface area contributed by atoms with Gasteiger partial charge in [-0.3, -0.25) is 0 Å². The molecule has 0 aromatic heterocycles. The van der Waals surface area contributed by atoms with Crippen molar-refractivity contribution in [3.63, 3.8) is 0 Å². The highest BCUT2D eigenvalue weighted by Gasteiger charge is 2.15. The van der Waals surface area contributed by atoms with E-state index in [-0.39, 0.29) is 12.1 Å². The summed E-state index contributed by atoms with van der Waals surface area (Å²) in [7, 11) is 1.63. The number of rotatable bonds is 7. The Bertz CT molecular complexity index is 629. The predicted molar refractivity (Wildman–Crippen MR) is 95.5 cm³/mol. The topological polar surface area (TPSA) is 30.5 Å². The fraction of sp³-hybridized carbons (Fsp3) is 0.368. The van der Waals surface area contributed by atoms with Crippen molar-refractivity contribution in [1.82, 2.24) is 5.32 Å². The van der Waals surface area contributed by atoms with E-state index in [2.05, 4.69) is 24.4 Å². The normalized spacial score (nSPS) is 12.3. The van der Waals surface area contributed by atoms with Gasteiger partial charge in [0, 0.05) is 29.2 Å². The summed E-state index contributed by atoms with van der Waals surface area (Å²) < 4.78 is 11.4. The molecule has 23 heavy (non-hydrogen) atoms. The summed E-state index contributed by atoms with van der Waals surface area (Å²) in [5.74, 6) is 1.41. The molecule has 0 aliphatic rings. The molecule has 0 amide bonds. The third-order valence-electron chi connectivity index (χ3n) is 3.57. The van der Waals surface area contributed by atoms with Crippen molar-refractivity contribution in [3.05, 3.63) is 58.6 Å². The van der Waals surface area contributed by atoms with Crippen LogP contribution in [0.2, 0.25) is 5.02 Å². The van der Waals surface area contributed by atoms with Crippen LogP contribution in [-0.4, -0.2) is 13.2 Å². The molecule has 3 nitrogen and oxygen atoms in total. The smallest absolute Gasteiger partial charge is 0.166 e. The van der Waals surface area contributed by atoms with Crippen molar-refractivity contribution in [2.24, 2.45) is 0 Å². The van der Waals surface area contributed by atoms with Gasteiger partial charge in [-0.25, -0.2) is 0 Å². The van der Waals surface area contributed by atoms with Crippen LogP contribution in [0.1, 0.15) is 37.9 Å². The van der Waals surface area contributed by atoms with Gasteiger partial charge in [0.25, 0.3) is 0 Å². The predicted octanol–water partition coefficient (Wildman–Crippen LogP) is 4.99. The average molecular weight is 334 g/mol. The van der Waals surface area contributed by atoms with E-state index in [4.69, 9.17) is 21.1 Å². The van der Waals surface area contributed by atoms with Crippen molar-refractivity contribution >= 4 is 11.6 Å². The molecular formula is C19H24ClNO2. The summed E-state index contributed by atoms with van der Waals surface area (Å²) in [6.45, 7) is 6.78. The number of methoxy groups -OCH3 is 1. The van der Waals surface area contributed by atoms with Gasteiger partial charge in [0.15, 0.2) is 11.5 Å². The van der Waals surface area contributed by atoms with E-state index in [0.717, 1.165) is 11.3 Å². The molecule has 0 bridgehead atoms. The van der Waals surface area contributed by atoms with Gasteiger partial charge in [0.05, 0.1) is 13.2 Å². The lowest BCUT2D eigenvalue weighted by atomic mass is 10.1. The number of ether oxygens (including phenoxy) is 2. The molecule has 124 valence electrons. The molecular weight excluding hydrogens is 310 g/mol. The lowest BCUT2D eigenvalue weighted by molar-refractivity contribution is 0.227. The second-order valence-electron chi connectivity index (χ2n) is 5.78. The second kappa shape index (κ2) is 8.23. The first-order valence-corrected chi connectivity index (χ1v) is 8.20. The van der Waals surface area contributed by atoms with Gasteiger partial charge in [0.1, 0.15) is 0 Å². The number of hydrogen-bond acceptors (Lipinski definition) is 3. The molecule has 0 saturated carbocycles. The Labute approximate surface area is 143 Å². The standard InChI is InChI=1S/C19H24ClNO2/c1-13(2)23-19-16(10-17(20)11-18(19)22-4)12-21-14(3)15-8-6-5-7-9-15/h5-11,13-14,21H,12H2,1-4H3/t14-/m0/s1. The lowest BCUT2D eigenvalue weighted by Gasteiger charge is -2.20. The Morgan fingerprint density at radius 2 is 1.78 bits per heavy atom. The molecule has 4 heteroatoms. The maximum Gasteiger partial charge on any atom is 0.166 e. The Morgan fingerprint density at radius 3 is 2.39 bits per heavy atom. The van der Waals surface area contributed by atoms with Crippen molar-refractivity contribution in [3.8, 4) is 11.5 Å². The molecule has 0 fully saturated rings. The molecule has 2 rings (SSSR count). The Hall–Kier alpha value is -1.71. The molecule has 2 aromatic carbocycles. The lowest BCUT2D eigenvalue weighted by Crippen LogP contribution is -2.19. The first kappa shape index (κ1) is 17.6. The van der Waals surface area contributed by atoms with E-state index in [1.165, 1.54) is 5.56 Å². The van der Waals surface area contributed by atoms with E-state index in [9.17, 15) is 0 Å². The molecule has 2 aromatic rings. The highest BCUT2D eigenvalue weighted by Crippen LogP contribution is 2.35. The zero-order chi connectivity index (χ0) is 16.8. The summed E-state index contributed by atoms with van der Waals surface area (Å²) in [5, 5.41) is 4.15. The first-order chi connectivity index (χ1) is 11.0. The van der Waals surface area contributed by atoms with Crippen LogP contribution in [-0.2, 0) is 6.54 Å². The largest absolute Gasteiger partial charge is 0.493 e. The average Bonchev–Trinajstić information content (AvgIpc) is 2.54. The summed E-state index contributed by atoms with van der Waals surface area (Å²) in [5.41, 5.74) is 2.23. The van der Waals surface area contributed by atoms with E-state index in [1.807, 2.05) is 38.1 Å². The van der Waals surface area contributed by atoms with Crippen LogP contribution in [0.4, 0.5) is 0 Å². The summed E-state index contributed by atoms with van der Waals surface area (Å²) in [4.78, 5) is 0. The van der Waals surface area contributed by atoms with Crippen LogP contribution >= 0.6 is 11.6 Å². The quantitative estimate of drug-likeness (QED) is 0.774. The van der Waals surface area contributed by atoms with Crippen LogP contribution in [0.25, 0.3) is 0 Å². The zero-order valence-corrected chi connectivity index (χ0v) is 14.9. The van der Waals surface area contributed by atoms with Crippen LogP contribution in [0.5, 0.6) is 11.5 Å². The van der Waals surface area contributed by atoms with Gasteiger partial charge >= 0.3 is 0 Å². The minimum atomic E-state index is 0.0652. The monoisotopic (exact) mass is 333 g/mol. The molecule has 0 saturated heterocycles. The maximum absolute atomic E-state index is 6.21. The van der Waals surface area contributed by atoms with Crippen molar-refractivity contribution < 1.29 is 9.47 Å². The van der Waals surface area contributed by atoms with Crippen molar-refractivity contribution in [2.75, 3.05) is 7.11 Å². The van der Waals surface area contributed by atoms with Crippen molar-refractivity contribution in [1.29, 1.82) is 0 Å². The van der Waals surface area contributed by atoms with Crippen LogP contribution < -0.4 is 14.8 Å². The van der Waals surface area contributed by atoms with Gasteiger partial charge in [-0.1, -0.05) is 41.9 Å². The number of benzene rings is 2. The van der Waals surface area contributed by atoms with Gasteiger partial charge < -0.3 is 14.8 Å². The number of halogens is 1. The third-order valence-corrected chi connectivity index (χ3v) is 3.79. The maximum atomic E-state index is 6.21. The molecule has 0 heterocycles. The molecule has 1 N–H and O–H groups in total. The molecule has 1 atom stereocenters. The minimum absolute atomic E-state index is 0.0652. The Kier molecular flexibility index (Phi) is 6.31. The third kappa shape index (κ3) is 4.88. The minimum Gasteiger partial charge on any atom is -0.493 e. The van der Waals surface area contributed by atoms with E-state index in [0.29, 0.717) is 17.3 Å². The highest BCUT2D eigenvalue weighted by atomic mass is 35.5. The second-order valence-corrected chi connectivity index (χ2v) is 6.21. The van der Waals surface area contributed by atoms with E-state index < -0.39 is 0 Å². The fourth-order valence-corrected chi connectivity index (χ4v) is 2.63. The van der Waals surface area contributed by atoms with Gasteiger partial charge in [-0.15, -0.1) is 0 Å².